The minimum absolute atomic E-state index is 0.0141. The van der Waals surface area contributed by atoms with Gasteiger partial charge in [-0.25, -0.2) is 4.98 Å². The third-order valence-electron chi connectivity index (χ3n) is 9.43. The van der Waals surface area contributed by atoms with E-state index >= 15 is 0 Å². The molecule has 0 radical (unpaired) electrons. The molecule has 2 saturated heterocycles. The average molecular weight is 714 g/mol. The lowest BCUT2D eigenvalue weighted by Gasteiger charge is -2.48. The van der Waals surface area contributed by atoms with E-state index in [0.29, 0.717) is 45.6 Å². The fourth-order valence-corrected chi connectivity index (χ4v) is 6.58. The predicted molar refractivity (Wildman–Crippen MR) is 185 cm³/mol. The van der Waals surface area contributed by atoms with Crippen LogP contribution in [-0.4, -0.2) is 145 Å². The van der Waals surface area contributed by atoms with Crippen LogP contribution in [-0.2, 0) is 25.5 Å². The molecule has 1 aromatic heterocycles. The van der Waals surface area contributed by atoms with E-state index in [-0.39, 0.29) is 37.6 Å². The summed E-state index contributed by atoms with van der Waals surface area (Å²) in [4.78, 5) is 19.5. The van der Waals surface area contributed by atoms with Gasteiger partial charge in [0.2, 0.25) is 5.91 Å². The molecule has 2 aliphatic heterocycles. The van der Waals surface area contributed by atoms with E-state index in [9.17, 15) is 30.3 Å². The van der Waals surface area contributed by atoms with Crippen molar-refractivity contribution in [2.75, 3.05) is 32.7 Å². The second kappa shape index (κ2) is 20.2. The molecule has 10 N–H and O–H groups in total. The number of amides is 1. The Morgan fingerprint density at radius 2 is 1.82 bits per heavy atom. The molecular weight excluding hydrogens is 650 g/mol. The minimum atomic E-state index is -1.92. The number of ether oxygens (including phenoxy) is 3. The van der Waals surface area contributed by atoms with Crippen LogP contribution in [0.25, 0.3) is 0 Å². The van der Waals surface area contributed by atoms with Gasteiger partial charge in [0.05, 0.1) is 55.1 Å². The van der Waals surface area contributed by atoms with Gasteiger partial charge in [-0.15, -0.1) is 0 Å². The highest BCUT2D eigenvalue weighted by molar-refractivity contribution is 5.80. The third-order valence-corrected chi connectivity index (χ3v) is 9.43. The van der Waals surface area contributed by atoms with E-state index in [1.54, 1.807) is 17.7 Å². The number of aliphatic hydroxyl groups excluding tert-OH is 4. The van der Waals surface area contributed by atoms with Crippen molar-refractivity contribution in [2.45, 2.75) is 134 Å². The molecule has 1 amide bonds. The van der Waals surface area contributed by atoms with Crippen LogP contribution in [0.2, 0.25) is 0 Å². The molecule has 11 atom stereocenters. The summed E-state index contributed by atoms with van der Waals surface area (Å²) >= 11 is 0. The molecule has 3 rings (SSSR count). The van der Waals surface area contributed by atoms with Gasteiger partial charge in [-0.05, 0) is 57.8 Å². The summed E-state index contributed by atoms with van der Waals surface area (Å²) in [5.74, 6) is -3.59. The summed E-state index contributed by atoms with van der Waals surface area (Å²) in [5, 5.41) is 63.3. The molecule has 50 heavy (non-hydrogen) atoms. The van der Waals surface area contributed by atoms with Crippen molar-refractivity contribution in [3.63, 3.8) is 0 Å². The summed E-state index contributed by atoms with van der Waals surface area (Å²) in [7, 11) is 0. The first-order valence-corrected chi connectivity index (χ1v) is 18.1. The second-order valence-electron chi connectivity index (χ2n) is 14.4. The monoisotopic (exact) mass is 713 g/mol. The lowest BCUT2D eigenvalue weighted by atomic mass is 9.81. The van der Waals surface area contributed by atoms with Crippen LogP contribution < -0.4 is 16.8 Å². The first-order chi connectivity index (χ1) is 23.7. The van der Waals surface area contributed by atoms with Crippen molar-refractivity contribution in [1.82, 2.24) is 25.0 Å². The Bertz CT molecular complexity index is 1140. The number of hydrogen-bond donors (Lipinski definition) is 8. The van der Waals surface area contributed by atoms with Crippen LogP contribution in [0, 0.1) is 17.8 Å². The molecule has 288 valence electrons. The van der Waals surface area contributed by atoms with E-state index in [0.717, 1.165) is 0 Å². The molecule has 0 aliphatic carbocycles. The number of rotatable bonds is 20. The summed E-state index contributed by atoms with van der Waals surface area (Å²) in [6.45, 7) is 11.8. The first-order valence-electron chi connectivity index (χ1n) is 18.1. The largest absolute Gasteiger partial charge is 0.393 e. The molecule has 0 bridgehead atoms. The number of carbonyl (C=O) groups excluding carboxylic acids is 1. The summed E-state index contributed by atoms with van der Waals surface area (Å²) in [6, 6.07) is -0.726. The molecule has 0 spiro atoms. The fourth-order valence-electron chi connectivity index (χ4n) is 6.58. The lowest BCUT2D eigenvalue weighted by molar-refractivity contribution is -0.311. The van der Waals surface area contributed by atoms with Crippen molar-refractivity contribution < 1.29 is 44.5 Å². The van der Waals surface area contributed by atoms with Crippen molar-refractivity contribution in [3.05, 3.63) is 24.8 Å². The first kappa shape index (κ1) is 42.3. The van der Waals surface area contributed by atoms with Crippen molar-refractivity contribution in [2.24, 2.45) is 29.2 Å². The number of allylic oxidation sites excluding steroid dienone is 1. The third kappa shape index (κ3) is 12.3. The molecule has 0 aromatic carbocycles. The van der Waals surface area contributed by atoms with Crippen molar-refractivity contribution in [3.8, 4) is 0 Å². The lowest BCUT2D eigenvalue weighted by Crippen LogP contribution is -2.64. The van der Waals surface area contributed by atoms with Gasteiger partial charge in [-0.2, -0.15) is 5.10 Å². The van der Waals surface area contributed by atoms with Crippen molar-refractivity contribution >= 4 is 5.91 Å². The molecule has 16 heteroatoms. The summed E-state index contributed by atoms with van der Waals surface area (Å²) < 4.78 is 20.3. The number of hydrogen-bond acceptors (Lipinski definition) is 14. The van der Waals surface area contributed by atoms with Gasteiger partial charge < -0.3 is 56.5 Å². The zero-order valence-electron chi connectivity index (χ0n) is 30.3. The molecule has 2 fully saturated rings. The van der Waals surface area contributed by atoms with Crippen LogP contribution in [0.3, 0.4) is 0 Å². The van der Waals surface area contributed by atoms with Gasteiger partial charge >= 0.3 is 0 Å². The van der Waals surface area contributed by atoms with E-state index in [1.807, 2.05) is 38.7 Å². The minimum Gasteiger partial charge on any atom is -0.393 e. The SMILES string of the molecule is CC(C)/C=C/[C@@H](C[C@@H]1O[C@](O)(C[C@@H](O)C(C)C)C[C@H](O)[C@H]1C(=O)NCCn1cncn1)OC1OC(C)C(O)C(N(CCCN)CCCN)C1O. The number of nitrogens with two attached hydrogens (primary N) is 2. The smallest absolute Gasteiger partial charge is 0.228 e. The van der Waals surface area contributed by atoms with E-state index in [1.165, 1.54) is 12.7 Å². The Morgan fingerprint density at radius 3 is 2.40 bits per heavy atom. The number of nitrogens with one attached hydrogen (secondary N) is 1. The van der Waals surface area contributed by atoms with E-state index < -0.39 is 72.7 Å². The number of carbonyl (C=O) groups is 1. The average Bonchev–Trinajstić information content (AvgIpc) is 3.56. The normalized spacial score (nSPS) is 31.9. The van der Waals surface area contributed by atoms with Crippen LogP contribution in [0.5, 0.6) is 0 Å². The Morgan fingerprint density at radius 1 is 1.14 bits per heavy atom. The Hall–Kier alpha value is -2.09. The van der Waals surface area contributed by atoms with Gasteiger partial charge in [-0.1, -0.05) is 39.8 Å². The fraction of sp³-hybridized carbons (Fsp3) is 0.853. The van der Waals surface area contributed by atoms with Crippen LogP contribution in [0.4, 0.5) is 0 Å². The molecular formula is C34H63N7O9. The highest BCUT2D eigenvalue weighted by Crippen LogP contribution is 2.38. The summed E-state index contributed by atoms with van der Waals surface area (Å²) in [6.07, 6.45) is -0.831. The van der Waals surface area contributed by atoms with Gasteiger partial charge in [0.1, 0.15) is 18.8 Å². The molecule has 0 saturated carbocycles. The molecule has 1 aromatic rings. The Kier molecular flexibility index (Phi) is 17.1. The molecule has 5 unspecified atom stereocenters. The van der Waals surface area contributed by atoms with E-state index in [4.69, 9.17) is 25.7 Å². The van der Waals surface area contributed by atoms with Gasteiger partial charge in [0.15, 0.2) is 12.1 Å². The highest BCUT2D eigenvalue weighted by Gasteiger charge is 2.51. The maximum absolute atomic E-state index is 13.6. The maximum Gasteiger partial charge on any atom is 0.228 e. The Labute approximate surface area is 296 Å². The standard InChI is InChI=1S/C34H63N7O9/c1-21(2)8-9-24(49-33-31(45)29(30(44)23(5)48-33)40(13-6-10-35)14-7-11-36)16-27-28(32(46)38-12-15-41-20-37-19-39-41)26(43)18-34(47,50-27)17-25(42)22(3)4/h8-9,19-31,33,42-45,47H,6-7,10-18,35-36H2,1-5H3,(H,38,46)/b9-8+/t23?,24-,25+,26-,27-,28+,29?,30?,31?,33?,34+/m0/s1. The van der Waals surface area contributed by atoms with Crippen LogP contribution >= 0.6 is 0 Å². The van der Waals surface area contributed by atoms with Crippen LogP contribution in [0.15, 0.2) is 24.8 Å². The molecule has 16 nitrogen and oxygen atoms in total. The summed E-state index contributed by atoms with van der Waals surface area (Å²) in [5.41, 5.74) is 11.6. The van der Waals surface area contributed by atoms with E-state index in [2.05, 4.69) is 15.4 Å². The Balaban J connectivity index is 1.90. The quantitative estimate of drug-likeness (QED) is 0.0763. The van der Waals surface area contributed by atoms with Crippen molar-refractivity contribution in [1.29, 1.82) is 0 Å². The highest BCUT2D eigenvalue weighted by atomic mass is 16.7. The maximum atomic E-state index is 13.6. The number of aliphatic hydroxyl groups is 5. The predicted octanol–water partition coefficient (Wildman–Crippen LogP) is -0.922. The number of aromatic nitrogens is 3. The van der Waals surface area contributed by atoms with Gasteiger partial charge in [0.25, 0.3) is 0 Å². The van der Waals surface area contributed by atoms with Gasteiger partial charge in [-0.3, -0.25) is 14.4 Å². The zero-order valence-corrected chi connectivity index (χ0v) is 30.3. The molecule has 3 heterocycles. The number of nitrogens with zero attached hydrogens (tertiary/aromatic N) is 4. The van der Waals surface area contributed by atoms with Gasteiger partial charge in [0, 0.05) is 25.8 Å². The molecule has 2 aliphatic rings. The second-order valence-corrected chi connectivity index (χ2v) is 14.4. The topological polar surface area (TPSA) is 244 Å². The zero-order chi connectivity index (χ0) is 37.0. The van der Waals surface area contributed by atoms with Crippen LogP contribution in [0.1, 0.15) is 66.7 Å².